The normalized spacial score (nSPS) is 12.3. The van der Waals surface area contributed by atoms with Crippen molar-refractivity contribution in [1.82, 2.24) is 0 Å². The molecule has 10 heteroatoms. The summed E-state index contributed by atoms with van der Waals surface area (Å²) in [5.74, 6) is -1.40. The van der Waals surface area contributed by atoms with Crippen molar-refractivity contribution < 1.29 is 36.2 Å². The van der Waals surface area contributed by atoms with Crippen LogP contribution >= 0.6 is 0 Å². The number of carboxylic acids is 1. The fourth-order valence-electron chi connectivity index (χ4n) is 3.67. The first-order valence-electron chi connectivity index (χ1n) is 10.9. The van der Waals surface area contributed by atoms with Crippen LogP contribution in [0.5, 0.6) is 5.75 Å². The van der Waals surface area contributed by atoms with Crippen LogP contribution in [0.2, 0.25) is 0 Å². The summed E-state index contributed by atoms with van der Waals surface area (Å²) in [6.07, 6.45) is -4.68. The highest BCUT2D eigenvalue weighted by atomic mass is 32.2. The van der Waals surface area contributed by atoms with Gasteiger partial charge >= 0.3 is 12.1 Å². The lowest BCUT2D eigenvalue weighted by molar-refractivity contribution is -0.137. The summed E-state index contributed by atoms with van der Waals surface area (Å²) in [6, 6.07) is 14.7. The molecule has 0 saturated heterocycles. The number of hydrogen-bond acceptors (Lipinski definition) is 4. The van der Waals surface area contributed by atoms with E-state index in [-0.39, 0.29) is 28.5 Å². The Morgan fingerprint density at radius 2 is 1.58 bits per heavy atom. The van der Waals surface area contributed by atoms with Gasteiger partial charge in [-0.1, -0.05) is 30.3 Å². The number of halogens is 3. The van der Waals surface area contributed by atoms with Gasteiger partial charge in [-0.3, -0.25) is 4.31 Å². The molecule has 0 atom stereocenters. The quantitative estimate of drug-likeness (QED) is 0.395. The number of hydrogen-bond donors (Lipinski definition) is 1. The maximum Gasteiger partial charge on any atom is 0.416 e. The average Bonchev–Trinajstić information content (AvgIpc) is 2.77. The number of rotatable bonds is 7. The third-order valence-corrected chi connectivity index (χ3v) is 7.56. The van der Waals surface area contributed by atoms with Gasteiger partial charge in [0.25, 0.3) is 10.0 Å². The Morgan fingerprint density at radius 3 is 2.11 bits per heavy atom. The molecule has 0 spiro atoms. The molecule has 3 rings (SSSR count). The van der Waals surface area contributed by atoms with Gasteiger partial charge in [-0.2, -0.15) is 13.2 Å². The van der Waals surface area contributed by atoms with Gasteiger partial charge in [0.2, 0.25) is 0 Å². The van der Waals surface area contributed by atoms with E-state index in [0.717, 1.165) is 22.5 Å². The molecule has 0 unspecified atom stereocenters. The summed E-state index contributed by atoms with van der Waals surface area (Å²) in [4.78, 5) is 11.1. The average molecular weight is 522 g/mol. The van der Waals surface area contributed by atoms with Gasteiger partial charge in [-0.25, -0.2) is 13.2 Å². The Labute approximate surface area is 208 Å². The maximum atomic E-state index is 13.8. The van der Waals surface area contributed by atoms with E-state index in [1.807, 2.05) is 0 Å². The van der Waals surface area contributed by atoms with E-state index < -0.39 is 33.3 Å². The molecule has 0 saturated carbocycles. The molecule has 0 aliphatic rings. The van der Waals surface area contributed by atoms with E-state index >= 15 is 0 Å². The van der Waals surface area contributed by atoms with E-state index in [1.54, 1.807) is 45.9 Å². The van der Waals surface area contributed by atoms with E-state index in [2.05, 4.69) is 0 Å². The number of ether oxygens (including phenoxy) is 1. The number of nitrogens with zero attached hydrogens (tertiary/aromatic N) is 1. The molecular weight excluding hydrogens is 495 g/mol. The predicted octanol–water partition coefficient (Wildman–Crippen LogP) is 6.28. The number of aromatic carboxylic acids is 1. The first-order chi connectivity index (χ1) is 16.6. The molecule has 36 heavy (non-hydrogen) atoms. The summed E-state index contributed by atoms with van der Waals surface area (Å²) in [7, 11) is -4.20. The SMILES string of the molecule is Cc1ccccc1S(=O)(=O)N(c1ccc(C(F)(F)F)cc1OCc1ccc(C(=O)O)cc1)C(C)(C)C. The highest BCUT2D eigenvalue weighted by molar-refractivity contribution is 7.93. The fourth-order valence-corrected chi connectivity index (χ4v) is 5.73. The van der Waals surface area contributed by atoms with E-state index in [9.17, 15) is 26.4 Å². The number of benzene rings is 3. The molecule has 6 nitrogen and oxygen atoms in total. The van der Waals surface area contributed by atoms with Crippen LogP contribution in [0.3, 0.4) is 0 Å². The van der Waals surface area contributed by atoms with Crippen LogP contribution in [-0.4, -0.2) is 25.0 Å². The van der Waals surface area contributed by atoms with Gasteiger partial charge in [-0.05, 0) is 75.2 Å². The Hall–Kier alpha value is -3.53. The van der Waals surface area contributed by atoms with Gasteiger partial charge in [0.05, 0.1) is 21.7 Å². The van der Waals surface area contributed by atoms with Gasteiger partial charge < -0.3 is 9.84 Å². The Bertz CT molecular complexity index is 1360. The molecule has 0 heterocycles. The summed E-state index contributed by atoms with van der Waals surface area (Å²) in [5.41, 5.74) is -1.10. The van der Waals surface area contributed by atoms with Crippen molar-refractivity contribution in [3.63, 3.8) is 0 Å². The van der Waals surface area contributed by atoms with Gasteiger partial charge in [-0.15, -0.1) is 0 Å². The highest BCUT2D eigenvalue weighted by Crippen LogP contribution is 2.42. The van der Waals surface area contributed by atoms with Crippen LogP contribution in [0.4, 0.5) is 18.9 Å². The van der Waals surface area contributed by atoms with Gasteiger partial charge in [0.15, 0.2) is 0 Å². The molecular formula is C26H26F3NO5S. The molecule has 3 aromatic carbocycles. The second kappa shape index (κ2) is 9.85. The maximum absolute atomic E-state index is 13.8. The Morgan fingerprint density at radius 1 is 0.972 bits per heavy atom. The Kier molecular flexibility index (Phi) is 7.40. The molecule has 1 N–H and O–H groups in total. The van der Waals surface area contributed by atoms with Crippen LogP contribution in [0.25, 0.3) is 0 Å². The number of sulfonamides is 1. The molecule has 0 aliphatic heterocycles. The second-order valence-corrected chi connectivity index (χ2v) is 10.9. The molecule has 0 radical (unpaired) electrons. The number of carboxylic acid groups (broad SMARTS) is 1. The van der Waals surface area contributed by atoms with Gasteiger partial charge in [0, 0.05) is 5.54 Å². The van der Waals surface area contributed by atoms with Crippen molar-refractivity contribution in [2.75, 3.05) is 4.31 Å². The van der Waals surface area contributed by atoms with Crippen molar-refractivity contribution in [3.05, 3.63) is 89.0 Å². The summed E-state index contributed by atoms with van der Waals surface area (Å²) >= 11 is 0. The molecule has 3 aromatic rings. The smallest absolute Gasteiger partial charge is 0.416 e. The van der Waals surface area contributed by atoms with Crippen LogP contribution in [0.15, 0.2) is 71.6 Å². The summed E-state index contributed by atoms with van der Waals surface area (Å²) in [5, 5.41) is 9.05. The van der Waals surface area contributed by atoms with Crippen molar-refractivity contribution >= 4 is 21.7 Å². The lowest BCUT2D eigenvalue weighted by atomic mass is 10.1. The molecule has 0 bridgehead atoms. The third kappa shape index (κ3) is 5.81. The van der Waals surface area contributed by atoms with Crippen LogP contribution < -0.4 is 9.04 Å². The number of carbonyl (C=O) groups is 1. The van der Waals surface area contributed by atoms with Crippen molar-refractivity contribution in [2.45, 2.75) is 50.9 Å². The molecule has 192 valence electrons. The third-order valence-electron chi connectivity index (χ3n) is 5.32. The number of alkyl halides is 3. The highest BCUT2D eigenvalue weighted by Gasteiger charge is 2.38. The van der Waals surface area contributed by atoms with E-state index in [1.165, 1.54) is 30.3 Å². The first-order valence-corrected chi connectivity index (χ1v) is 12.3. The van der Waals surface area contributed by atoms with Crippen LogP contribution in [0.1, 0.15) is 47.8 Å². The zero-order valence-electron chi connectivity index (χ0n) is 20.1. The molecule has 0 fully saturated rings. The zero-order chi connectivity index (χ0) is 26.9. The molecule has 0 amide bonds. The monoisotopic (exact) mass is 521 g/mol. The topological polar surface area (TPSA) is 83.9 Å². The number of anilines is 1. The fraction of sp³-hybridized carbons (Fsp3) is 0.269. The predicted molar refractivity (Wildman–Crippen MR) is 130 cm³/mol. The minimum absolute atomic E-state index is 0.0232. The van der Waals surface area contributed by atoms with E-state index in [0.29, 0.717) is 11.1 Å². The minimum atomic E-state index is -4.68. The lowest BCUT2D eigenvalue weighted by Crippen LogP contribution is -2.46. The summed E-state index contributed by atoms with van der Waals surface area (Å²) in [6.45, 7) is 6.33. The van der Waals surface area contributed by atoms with E-state index in [4.69, 9.17) is 9.84 Å². The largest absolute Gasteiger partial charge is 0.487 e. The lowest BCUT2D eigenvalue weighted by Gasteiger charge is -2.37. The minimum Gasteiger partial charge on any atom is -0.487 e. The van der Waals surface area contributed by atoms with Crippen LogP contribution in [-0.2, 0) is 22.8 Å². The molecule has 0 aliphatic carbocycles. The number of aryl methyl sites for hydroxylation is 1. The van der Waals surface area contributed by atoms with Gasteiger partial charge in [0.1, 0.15) is 12.4 Å². The first kappa shape index (κ1) is 27.1. The zero-order valence-corrected chi connectivity index (χ0v) is 20.9. The summed E-state index contributed by atoms with van der Waals surface area (Å²) < 4.78 is 75.0. The second-order valence-electron chi connectivity index (χ2n) is 9.18. The van der Waals surface area contributed by atoms with Crippen molar-refractivity contribution in [3.8, 4) is 5.75 Å². The standard InChI is InChI=1S/C26H26F3NO5S/c1-17-7-5-6-8-23(17)36(33,34)30(25(2,3)4)21-14-13-20(26(27,28)29)15-22(21)35-16-18-9-11-19(12-10-18)24(31)32/h5-15H,16H2,1-4H3,(H,31,32). The van der Waals surface area contributed by atoms with Crippen LogP contribution in [0, 0.1) is 6.92 Å². The van der Waals surface area contributed by atoms with Crippen molar-refractivity contribution in [2.24, 2.45) is 0 Å². The Balaban J connectivity index is 2.13. The molecule has 0 aromatic heterocycles. The van der Waals surface area contributed by atoms with Crippen molar-refractivity contribution in [1.29, 1.82) is 0 Å².